The third kappa shape index (κ3) is 3.97. The van der Waals surface area contributed by atoms with Crippen LogP contribution < -0.4 is 10.1 Å². The van der Waals surface area contributed by atoms with Crippen LogP contribution in [-0.2, 0) is 7.05 Å². The maximum atomic E-state index is 12.3. The van der Waals surface area contributed by atoms with E-state index >= 15 is 0 Å². The molecule has 30 heavy (non-hydrogen) atoms. The molecule has 7 heteroatoms. The zero-order valence-corrected chi connectivity index (χ0v) is 18.1. The molecule has 0 saturated carbocycles. The third-order valence-electron chi connectivity index (χ3n) is 5.71. The summed E-state index contributed by atoms with van der Waals surface area (Å²) in [5, 5.41) is 2.98. The molecule has 1 aliphatic heterocycles. The fourth-order valence-corrected chi connectivity index (χ4v) is 4.02. The fourth-order valence-electron chi connectivity index (χ4n) is 4.02. The second-order valence-corrected chi connectivity index (χ2v) is 8.21. The first kappa shape index (κ1) is 20.2. The predicted octanol–water partition coefficient (Wildman–Crippen LogP) is 3.94. The molecule has 0 unspecified atom stereocenters. The molecule has 0 radical (unpaired) electrons. The fraction of sp³-hybridized carbons (Fsp3) is 0.435. The molecular formula is C23H29N5O2. The van der Waals surface area contributed by atoms with Crippen molar-refractivity contribution in [3.05, 3.63) is 42.4 Å². The molecule has 3 heterocycles. The van der Waals surface area contributed by atoms with Crippen LogP contribution in [0.2, 0.25) is 0 Å². The lowest BCUT2D eigenvalue weighted by molar-refractivity contribution is 0.178. The average Bonchev–Trinajstić information content (AvgIpc) is 3.13. The molecule has 158 valence electrons. The largest absolute Gasteiger partial charge is 0.497 e. The van der Waals surface area contributed by atoms with Crippen LogP contribution in [0.15, 0.2) is 36.7 Å². The number of urea groups is 1. The van der Waals surface area contributed by atoms with E-state index in [4.69, 9.17) is 9.72 Å². The van der Waals surface area contributed by atoms with Crippen molar-refractivity contribution in [3.63, 3.8) is 0 Å². The van der Waals surface area contributed by atoms with Crippen molar-refractivity contribution < 1.29 is 9.53 Å². The highest BCUT2D eigenvalue weighted by Crippen LogP contribution is 2.33. The molecule has 1 aromatic carbocycles. The van der Waals surface area contributed by atoms with Gasteiger partial charge >= 0.3 is 6.03 Å². The van der Waals surface area contributed by atoms with Crippen LogP contribution in [0.1, 0.15) is 38.3 Å². The number of benzene rings is 1. The number of piperidine rings is 1. The van der Waals surface area contributed by atoms with Crippen molar-refractivity contribution in [2.24, 2.45) is 7.05 Å². The number of pyridine rings is 1. The Morgan fingerprint density at radius 3 is 2.53 bits per heavy atom. The summed E-state index contributed by atoms with van der Waals surface area (Å²) in [6, 6.07) is 10.3. The van der Waals surface area contributed by atoms with Crippen LogP contribution in [-0.4, -0.2) is 51.7 Å². The molecule has 0 spiro atoms. The number of likely N-dealkylation sites (tertiary alicyclic amines) is 1. The molecule has 2 aromatic heterocycles. The highest BCUT2D eigenvalue weighted by molar-refractivity contribution is 5.90. The molecule has 4 rings (SSSR count). The van der Waals surface area contributed by atoms with E-state index in [0.29, 0.717) is 5.92 Å². The van der Waals surface area contributed by atoms with Crippen molar-refractivity contribution >= 4 is 17.1 Å². The molecule has 1 N–H and O–H groups in total. The number of fused-ring (bicyclic) bond motifs is 1. The van der Waals surface area contributed by atoms with E-state index in [1.807, 2.05) is 61.0 Å². The summed E-state index contributed by atoms with van der Waals surface area (Å²) in [6.45, 7) is 5.45. The number of carbonyl (C=O) groups is 1. The minimum Gasteiger partial charge on any atom is -0.497 e. The number of hydrogen-bond donors (Lipinski definition) is 1. The van der Waals surface area contributed by atoms with Crippen molar-refractivity contribution in [1.29, 1.82) is 0 Å². The van der Waals surface area contributed by atoms with E-state index in [0.717, 1.165) is 59.7 Å². The lowest BCUT2D eigenvalue weighted by atomic mass is 9.92. The number of carbonyl (C=O) groups excluding carboxylic acids is 1. The van der Waals surface area contributed by atoms with Gasteiger partial charge in [0.05, 0.1) is 24.6 Å². The molecule has 0 atom stereocenters. The van der Waals surface area contributed by atoms with E-state index in [9.17, 15) is 4.79 Å². The van der Waals surface area contributed by atoms with Crippen LogP contribution in [0.3, 0.4) is 0 Å². The van der Waals surface area contributed by atoms with Crippen LogP contribution in [0.5, 0.6) is 5.75 Å². The van der Waals surface area contributed by atoms with Crippen LogP contribution in [0, 0.1) is 0 Å². The zero-order valence-electron chi connectivity index (χ0n) is 18.1. The van der Waals surface area contributed by atoms with Gasteiger partial charge in [-0.3, -0.25) is 4.98 Å². The number of hydrogen-bond acceptors (Lipinski definition) is 4. The summed E-state index contributed by atoms with van der Waals surface area (Å²) < 4.78 is 7.33. The smallest absolute Gasteiger partial charge is 0.317 e. The summed E-state index contributed by atoms with van der Waals surface area (Å²) in [4.78, 5) is 23.9. The molecule has 1 saturated heterocycles. The van der Waals surface area contributed by atoms with Gasteiger partial charge in [0.1, 0.15) is 11.3 Å². The molecule has 3 aromatic rings. The van der Waals surface area contributed by atoms with Gasteiger partial charge < -0.3 is 19.5 Å². The van der Waals surface area contributed by atoms with Crippen LogP contribution in [0.4, 0.5) is 4.79 Å². The van der Waals surface area contributed by atoms with Gasteiger partial charge in [-0.2, -0.15) is 0 Å². The topological polar surface area (TPSA) is 72.3 Å². The lowest BCUT2D eigenvalue weighted by Crippen LogP contribution is -2.46. The maximum absolute atomic E-state index is 12.3. The highest BCUT2D eigenvalue weighted by Gasteiger charge is 2.26. The standard InChI is InChI=1S/C23H29N5O2/c1-15(2)25-23(29)28-11-9-16(10-12-28)19-13-20-22(24-14-27(20)3)21(26-19)17-5-7-18(30-4)8-6-17/h5-8,13-16H,9-12H2,1-4H3,(H,25,29). The minimum atomic E-state index is 0.0254. The van der Waals surface area contributed by atoms with Gasteiger partial charge in [0, 0.05) is 43.4 Å². The van der Waals surface area contributed by atoms with Crippen LogP contribution >= 0.6 is 0 Å². The van der Waals surface area contributed by atoms with E-state index in [-0.39, 0.29) is 12.1 Å². The van der Waals surface area contributed by atoms with Gasteiger partial charge in [-0.15, -0.1) is 0 Å². The molecule has 0 aliphatic carbocycles. The van der Waals surface area contributed by atoms with Crippen molar-refractivity contribution in [2.45, 2.75) is 38.6 Å². The Labute approximate surface area is 177 Å². The Hall–Kier alpha value is -3.09. The quantitative estimate of drug-likeness (QED) is 0.711. The molecular weight excluding hydrogens is 378 g/mol. The highest BCUT2D eigenvalue weighted by atomic mass is 16.5. The van der Waals surface area contributed by atoms with E-state index in [2.05, 4.69) is 16.4 Å². The van der Waals surface area contributed by atoms with Crippen molar-refractivity contribution in [1.82, 2.24) is 24.8 Å². The Kier molecular flexibility index (Phi) is 5.61. The number of aromatic nitrogens is 3. The SMILES string of the molecule is COc1ccc(-c2nc(C3CCN(C(=O)NC(C)C)CC3)cc3c2ncn3C)cc1. The van der Waals surface area contributed by atoms with E-state index < -0.39 is 0 Å². The minimum absolute atomic E-state index is 0.0254. The summed E-state index contributed by atoms with van der Waals surface area (Å²) in [5.74, 6) is 1.14. The number of rotatable bonds is 4. The van der Waals surface area contributed by atoms with E-state index in [1.165, 1.54) is 0 Å². The number of ether oxygens (including phenoxy) is 1. The van der Waals surface area contributed by atoms with Gasteiger partial charge in [-0.25, -0.2) is 9.78 Å². The number of methoxy groups -OCH3 is 1. The van der Waals surface area contributed by atoms with Crippen molar-refractivity contribution in [3.8, 4) is 17.0 Å². The maximum Gasteiger partial charge on any atom is 0.317 e. The summed E-state index contributed by atoms with van der Waals surface area (Å²) in [6.07, 6.45) is 3.65. The van der Waals surface area contributed by atoms with E-state index in [1.54, 1.807) is 7.11 Å². The Balaban J connectivity index is 1.62. The Bertz CT molecular complexity index is 1030. The summed E-state index contributed by atoms with van der Waals surface area (Å²) >= 11 is 0. The number of nitrogens with zero attached hydrogens (tertiary/aromatic N) is 4. The van der Waals surface area contributed by atoms with Gasteiger partial charge in [0.2, 0.25) is 0 Å². The van der Waals surface area contributed by atoms with Gasteiger partial charge in [0.25, 0.3) is 0 Å². The molecule has 7 nitrogen and oxygen atoms in total. The summed E-state index contributed by atoms with van der Waals surface area (Å²) in [7, 11) is 3.67. The normalized spacial score (nSPS) is 15.0. The Morgan fingerprint density at radius 1 is 1.20 bits per heavy atom. The number of amides is 2. The molecule has 2 amide bonds. The van der Waals surface area contributed by atoms with Crippen LogP contribution in [0.25, 0.3) is 22.3 Å². The predicted molar refractivity (Wildman–Crippen MR) is 118 cm³/mol. The molecule has 0 bridgehead atoms. The number of nitrogens with one attached hydrogen (secondary N) is 1. The molecule has 1 aliphatic rings. The first-order valence-electron chi connectivity index (χ1n) is 10.5. The first-order valence-corrected chi connectivity index (χ1v) is 10.5. The number of imidazole rings is 1. The first-order chi connectivity index (χ1) is 14.5. The summed E-state index contributed by atoms with van der Waals surface area (Å²) in [5.41, 5.74) is 4.97. The Morgan fingerprint density at radius 2 is 1.90 bits per heavy atom. The third-order valence-corrected chi connectivity index (χ3v) is 5.71. The number of aryl methyl sites for hydroxylation is 1. The van der Waals surface area contributed by atoms with Gasteiger partial charge in [-0.05, 0) is 57.0 Å². The molecule has 1 fully saturated rings. The second-order valence-electron chi connectivity index (χ2n) is 8.21. The second kappa shape index (κ2) is 8.34. The lowest BCUT2D eigenvalue weighted by Gasteiger charge is -2.32. The zero-order chi connectivity index (χ0) is 21.3. The average molecular weight is 408 g/mol. The van der Waals surface area contributed by atoms with Gasteiger partial charge in [-0.1, -0.05) is 0 Å². The van der Waals surface area contributed by atoms with Crippen molar-refractivity contribution in [2.75, 3.05) is 20.2 Å². The monoisotopic (exact) mass is 407 g/mol. The van der Waals surface area contributed by atoms with Gasteiger partial charge in [0.15, 0.2) is 0 Å².